The number of allylic oxidation sites excluding steroid dienone is 3. The maximum absolute atomic E-state index is 5.89. The topological polar surface area (TPSA) is 9.23 Å². The second kappa shape index (κ2) is 8.77. The van der Waals surface area contributed by atoms with E-state index in [1.54, 1.807) is 0 Å². The van der Waals surface area contributed by atoms with Crippen molar-refractivity contribution in [3.63, 3.8) is 0 Å². The molecule has 1 nitrogen and oxygen atoms in total. The molecule has 0 N–H and O–H groups in total. The van der Waals surface area contributed by atoms with Crippen molar-refractivity contribution in [2.45, 2.75) is 17.8 Å². The predicted molar refractivity (Wildman–Crippen MR) is 130 cm³/mol. The summed E-state index contributed by atoms with van der Waals surface area (Å²) >= 11 is 0. The number of benzene rings is 3. The molecule has 32 heavy (non-hydrogen) atoms. The summed E-state index contributed by atoms with van der Waals surface area (Å²) in [6.07, 6.45) is 14.1. The van der Waals surface area contributed by atoms with E-state index in [0.29, 0.717) is 6.61 Å². The van der Waals surface area contributed by atoms with E-state index in [2.05, 4.69) is 120 Å². The van der Waals surface area contributed by atoms with Gasteiger partial charge in [-0.3, -0.25) is 0 Å². The molecule has 3 radical (unpaired) electrons. The van der Waals surface area contributed by atoms with E-state index in [-0.39, 0.29) is 54.2 Å². The molecule has 0 saturated carbocycles. The molecule has 0 aliphatic heterocycles. The van der Waals surface area contributed by atoms with Crippen LogP contribution in [0.3, 0.4) is 0 Å². The quantitative estimate of drug-likeness (QED) is 0.552. The molecule has 3 aliphatic carbocycles. The zero-order chi connectivity index (χ0) is 20.8. The first-order chi connectivity index (χ1) is 15.3. The van der Waals surface area contributed by atoms with Crippen LogP contribution in [0.2, 0.25) is 0 Å². The summed E-state index contributed by atoms with van der Waals surface area (Å²) in [4.78, 5) is 0. The van der Waals surface area contributed by atoms with E-state index in [0.717, 1.165) is 0 Å². The Morgan fingerprint density at radius 2 is 0.969 bits per heavy atom. The van der Waals surface area contributed by atoms with Crippen LogP contribution in [0.25, 0.3) is 18.2 Å². The minimum atomic E-state index is -0.211. The van der Waals surface area contributed by atoms with Gasteiger partial charge in [-0.2, -0.15) is 0 Å². The van der Waals surface area contributed by atoms with E-state index in [9.17, 15) is 0 Å². The standard InChI is InChI=1S/C29H23OSi.Na.H/c31-30-19-29(26-16-13-20-7-1-4-10-23(20)26,27-17-14-21-8-2-5-11-24(21)27)28-18-15-22-9-3-6-12-25(22)28;;/h1-18,26-28H,19H2;;/q;+1;-1. The second-order valence-corrected chi connectivity index (χ2v) is 9.09. The molecule has 0 aromatic heterocycles. The van der Waals surface area contributed by atoms with Crippen LogP contribution in [0.4, 0.5) is 0 Å². The first-order valence-corrected chi connectivity index (χ1v) is 11.3. The first kappa shape index (κ1) is 21.9. The Hall–Kier alpha value is -1.94. The number of fused-ring (bicyclic) bond motifs is 3. The molecule has 0 fully saturated rings. The van der Waals surface area contributed by atoms with Crippen LogP contribution in [0.5, 0.6) is 0 Å². The van der Waals surface area contributed by atoms with Crippen molar-refractivity contribution in [3.05, 3.63) is 124 Å². The monoisotopic (exact) mass is 439 g/mol. The molecular weight excluding hydrogens is 415 g/mol. The summed E-state index contributed by atoms with van der Waals surface area (Å²) in [6, 6.07) is 26.4. The number of rotatable bonds is 5. The summed E-state index contributed by atoms with van der Waals surface area (Å²) in [7, 11) is 3.43. The van der Waals surface area contributed by atoms with Gasteiger partial charge in [-0.25, -0.2) is 0 Å². The Morgan fingerprint density at radius 1 is 0.625 bits per heavy atom. The van der Waals surface area contributed by atoms with Gasteiger partial charge in [-0.15, -0.1) is 0 Å². The van der Waals surface area contributed by atoms with Crippen LogP contribution in [0, 0.1) is 5.41 Å². The van der Waals surface area contributed by atoms with E-state index in [1.165, 1.54) is 33.4 Å². The molecule has 0 amide bonds. The molecule has 0 spiro atoms. The summed E-state index contributed by atoms with van der Waals surface area (Å²) in [5.41, 5.74) is 7.91. The molecule has 3 atom stereocenters. The molecule has 3 aromatic carbocycles. The Labute approximate surface area is 217 Å². The van der Waals surface area contributed by atoms with Crippen molar-refractivity contribution in [1.29, 1.82) is 0 Å². The first-order valence-electron chi connectivity index (χ1n) is 10.9. The van der Waals surface area contributed by atoms with Gasteiger partial charge in [0.2, 0.25) is 10.5 Å². The van der Waals surface area contributed by atoms with E-state index in [4.69, 9.17) is 4.43 Å². The van der Waals surface area contributed by atoms with Crippen LogP contribution in [-0.2, 0) is 4.43 Å². The van der Waals surface area contributed by atoms with Gasteiger partial charge in [0.1, 0.15) is 0 Å². The molecule has 0 saturated heterocycles. The molecule has 3 heteroatoms. The maximum atomic E-state index is 5.89. The van der Waals surface area contributed by atoms with Crippen LogP contribution in [0.1, 0.15) is 52.6 Å². The molecule has 151 valence electrons. The smallest absolute Gasteiger partial charge is 1.00 e. The fraction of sp³-hybridized carbons (Fsp3) is 0.172. The summed E-state index contributed by atoms with van der Waals surface area (Å²) in [5, 5.41) is 0. The number of hydrogen-bond acceptors (Lipinski definition) is 1. The Bertz CT molecular complexity index is 1100. The Kier molecular flexibility index (Phi) is 6.00. The van der Waals surface area contributed by atoms with Gasteiger partial charge >= 0.3 is 29.6 Å². The van der Waals surface area contributed by atoms with Gasteiger partial charge in [-0.1, -0.05) is 109 Å². The SMILES string of the molecule is [H-].[Na+].[Si]OCC(C1C=Cc2ccccc21)(C1C=Cc2ccccc21)C1C=Cc2ccccc21. The van der Waals surface area contributed by atoms with Gasteiger partial charge in [0.15, 0.2) is 0 Å². The minimum Gasteiger partial charge on any atom is -1.00 e. The zero-order valence-electron chi connectivity index (χ0n) is 19.2. The van der Waals surface area contributed by atoms with Crippen molar-refractivity contribution in [3.8, 4) is 0 Å². The molecule has 0 heterocycles. The van der Waals surface area contributed by atoms with Crippen molar-refractivity contribution in [2.75, 3.05) is 6.61 Å². The Morgan fingerprint density at radius 3 is 1.31 bits per heavy atom. The average Bonchev–Trinajstić information content (AvgIpc) is 3.54. The maximum Gasteiger partial charge on any atom is 1.00 e. The summed E-state index contributed by atoms with van der Waals surface area (Å²) in [6.45, 7) is 0.597. The van der Waals surface area contributed by atoms with Crippen LogP contribution >= 0.6 is 0 Å². The third-order valence-corrected chi connectivity index (χ3v) is 7.60. The molecule has 3 aromatic rings. The van der Waals surface area contributed by atoms with E-state index in [1.807, 2.05) is 0 Å². The average molecular weight is 440 g/mol. The summed E-state index contributed by atoms with van der Waals surface area (Å²) in [5.74, 6) is 0.713. The van der Waals surface area contributed by atoms with E-state index < -0.39 is 0 Å². The normalized spacial score (nSPS) is 23.3. The van der Waals surface area contributed by atoms with Gasteiger partial charge in [0.05, 0.1) is 0 Å². The zero-order valence-corrected chi connectivity index (χ0v) is 21.2. The van der Waals surface area contributed by atoms with Gasteiger partial charge in [0.25, 0.3) is 0 Å². The van der Waals surface area contributed by atoms with E-state index >= 15 is 0 Å². The Balaban J connectivity index is 0.00000130. The van der Waals surface area contributed by atoms with Crippen LogP contribution in [-0.4, -0.2) is 17.1 Å². The molecule has 3 unspecified atom stereocenters. The van der Waals surface area contributed by atoms with Gasteiger partial charge < -0.3 is 5.85 Å². The minimum absolute atomic E-state index is 0. The summed E-state index contributed by atoms with van der Waals surface area (Å²) < 4.78 is 5.89. The van der Waals surface area contributed by atoms with Crippen molar-refractivity contribution < 1.29 is 35.4 Å². The largest absolute Gasteiger partial charge is 1.00 e. The molecular formula is C29H24NaOSi. The van der Waals surface area contributed by atoms with Gasteiger partial charge in [-0.05, 0) is 33.4 Å². The van der Waals surface area contributed by atoms with Crippen molar-refractivity contribution in [1.82, 2.24) is 0 Å². The number of hydrogen-bond donors (Lipinski definition) is 0. The molecule has 0 bridgehead atoms. The third kappa shape index (κ3) is 3.20. The molecule has 3 aliphatic rings. The fourth-order valence-corrected chi connectivity index (χ4v) is 6.38. The predicted octanol–water partition coefficient (Wildman–Crippen LogP) is 3.62. The third-order valence-electron chi connectivity index (χ3n) is 7.46. The van der Waals surface area contributed by atoms with Crippen molar-refractivity contribution >= 4 is 28.7 Å². The van der Waals surface area contributed by atoms with Crippen LogP contribution < -0.4 is 29.6 Å². The van der Waals surface area contributed by atoms with Crippen molar-refractivity contribution in [2.24, 2.45) is 5.41 Å². The van der Waals surface area contributed by atoms with Gasteiger partial charge in [0, 0.05) is 29.8 Å². The molecule has 6 rings (SSSR count). The van der Waals surface area contributed by atoms with Crippen LogP contribution in [0.15, 0.2) is 91.0 Å². The second-order valence-electron chi connectivity index (χ2n) is 8.80. The fourth-order valence-electron chi connectivity index (χ4n) is 6.13.